The van der Waals surface area contributed by atoms with Crippen LogP contribution >= 0.6 is 0 Å². The van der Waals surface area contributed by atoms with E-state index in [1.54, 1.807) is 44.4 Å². The Morgan fingerprint density at radius 2 is 1.66 bits per heavy atom. The fraction of sp³-hybridized carbons (Fsp3) is 0.391. The number of amides is 2. The van der Waals surface area contributed by atoms with Crippen molar-refractivity contribution in [3.8, 4) is 5.75 Å². The third kappa shape index (κ3) is 4.03. The van der Waals surface area contributed by atoms with Crippen LogP contribution in [0.4, 0.5) is 5.69 Å². The number of piperazine rings is 1. The smallest absolute Gasteiger partial charge is 0.292 e. The number of ether oxygens (including phenoxy) is 1. The van der Waals surface area contributed by atoms with Gasteiger partial charge in [-0.15, -0.1) is 0 Å². The van der Waals surface area contributed by atoms with Gasteiger partial charge in [-0.05, 0) is 55.3 Å². The summed E-state index contributed by atoms with van der Waals surface area (Å²) < 4.78 is 33.0. The summed E-state index contributed by atoms with van der Waals surface area (Å²) in [6.45, 7) is 5.24. The molecule has 0 radical (unpaired) electrons. The van der Waals surface area contributed by atoms with E-state index >= 15 is 0 Å². The number of methoxy groups -OCH3 is 1. The number of carbonyl (C=O) groups is 2. The number of rotatable bonds is 5. The van der Waals surface area contributed by atoms with Crippen LogP contribution in [0.15, 0.2) is 47.4 Å². The highest BCUT2D eigenvalue weighted by molar-refractivity contribution is 7.89. The number of sulfonamides is 1. The fourth-order valence-corrected chi connectivity index (χ4v) is 6.19. The van der Waals surface area contributed by atoms with Crippen LogP contribution < -0.4 is 14.5 Å². The van der Waals surface area contributed by atoms with Gasteiger partial charge in [0, 0.05) is 0 Å². The maximum atomic E-state index is 13.2. The molecule has 2 amide bonds. The maximum Gasteiger partial charge on any atom is 0.292 e. The van der Waals surface area contributed by atoms with Crippen LogP contribution in [0.1, 0.15) is 17.5 Å². The van der Waals surface area contributed by atoms with Crippen LogP contribution in [-0.2, 0) is 19.6 Å². The lowest BCUT2D eigenvalue weighted by atomic mass is 10.2. The number of hydrogen-bond acceptors (Lipinski definition) is 5. The van der Waals surface area contributed by atoms with Gasteiger partial charge in [-0.25, -0.2) is 13.3 Å². The fourth-order valence-electron chi connectivity index (χ4n) is 4.44. The molecule has 2 aliphatic rings. The highest BCUT2D eigenvalue weighted by atomic mass is 32.2. The van der Waals surface area contributed by atoms with Crippen LogP contribution in [0, 0.1) is 13.8 Å². The lowest BCUT2D eigenvalue weighted by Gasteiger charge is -2.34. The largest absolute Gasteiger partial charge is 0.497 e. The quantitative estimate of drug-likeness (QED) is 0.661. The Bertz CT molecular complexity index is 1140. The van der Waals surface area contributed by atoms with Gasteiger partial charge >= 0.3 is 0 Å². The van der Waals surface area contributed by atoms with E-state index in [9.17, 15) is 18.0 Å². The van der Waals surface area contributed by atoms with Crippen molar-refractivity contribution in [2.75, 3.05) is 38.2 Å². The highest BCUT2D eigenvalue weighted by Gasteiger charge is 2.47. The van der Waals surface area contributed by atoms with E-state index in [0.29, 0.717) is 42.5 Å². The predicted octanol–water partition coefficient (Wildman–Crippen LogP) is 0.533. The molecule has 9 heteroatoms. The Hall–Kier alpha value is -2.75. The number of hydrogen-bond donors (Lipinski definition) is 1. The molecule has 0 aromatic heterocycles. The third-order valence-electron chi connectivity index (χ3n) is 6.30. The Morgan fingerprint density at radius 3 is 2.28 bits per heavy atom. The second-order valence-corrected chi connectivity index (χ2v) is 10.3. The average Bonchev–Trinajstić information content (AvgIpc) is 3.09. The minimum atomic E-state index is -3.60. The molecule has 2 fully saturated rings. The van der Waals surface area contributed by atoms with Crippen molar-refractivity contribution in [2.45, 2.75) is 31.2 Å². The molecule has 2 aromatic carbocycles. The summed E-state index contributed by atoms with van der Waals surface area (Å²) in [5.74, 6) is 0.181. The maximum absolute atomic E-state index is 13.2. The molecule has 1 atom stereocenters. The van der Waals surface area contributed by atoms with E-state index in [-0.39, 0.29) is 18.2 Å². The number of aryl methyl sites for hydroxylation is 2. The molecule has 1 N–H and O–H groups in total. The van der Waals surface area contributed by atoms with Gasteiger partial charge in [-0.3, -0.25) is 9.59 Å². The minimum absolute atomic E-state index is 0.129. The molecule has 2 aromatic rings. The molecule has 4 rings (SSSR count). The topological polar surface area (TPSA) is 88.4 Å². The van der Waals surface area contributed by atoms with Crippen LogP contribution in [0.2, 0.25) is 0 Å². The van der Waals surface area contributed by atoms with E-state index in [2.05, 4.69) is 0 Å². The molecule has 0 saturated carbocycles. The van der Waals surface area contributed by atoms with Crippen molar-refractivity contribution < 1.29 is 27.6 Å². The van der Waals surface area contributed by atoms with Crippen molar-refractivity contribution in [2.24, 2.45) is 0 Å². The number of imide groups is 1. The van der Waals surface area contributed by atoms with E-state index < -0.39 is 16.1 Å². The first-order valence-corrected chi connectivity index (χ1v) is 12.1. The first kappa shape index (κ1) is 22.4. The SMILES string of the molecule is COc1ccc(N2C(=O)C[C@H]([NH+]3CCN(S(=O)(=O)c4cc(C)ccc4C)CC3)C2=O)cc1. The Balaban J connectivity index is 1.45. The van der Waals surface area contributed by atoms with Crippen LogP contribution in [0.25, 0.3) is 0 Å². The Labute approximate surface area is 188 Å². The number of benzene rings is 2. The second kappa shape index (κ2) is 8.65. The minimum Gasteiger partial charge on any atom is -0.497 e. The van der Waals surface area contributed by atoms with E-state index in [1.807, 2.05) is 19.1 Å². The number of anilines is 1. The predicted molar refractivity (Wildman–Crippen MR) is 119 cm³/mol. The van der Waals surface area contributed by atoms with E-state index in [1.165, 1.54) is 9.21 Å². The molecule has 32 heavy (non-hydrogen) atoms. The van der Waals surface area contributed by atoms with Crippen LogP contribution in [0.3, 0.4) is 0 Å². The summed E-state index contributed by atoms with van der Waals surface area (Å²) >= 11 is 0. The first-order chi connectivity index (χ1) is 15.2. The second-order valence-electron chi connectivity index (χ2n) is 8.35. The molecular formula is C23H28N3O5S+. The summed E-state index contributed by atoms with van der Waals surface area (Å²) in [6, 6.07) is 11.8. The summed E-state index contributed by atoms with van der Waals surface area (Å²) in [5.41, 5.74) is 2.14. The molecule has 0 aliphatic carbocycles. The molecule has 8 nitrogen and oxygen atoms in total. The Morgan fingerprint density at radius 1 is 1.00 bits per heavy atom. The number of nitrogens with one attached hydrogen (secondary N) is 1. The standard InChI is InChI=1S/C23H27N3O5S/c1-16-4-5-17(2)21(14-16)32(29,30)25-12-10-24(11-13-25)20-15-22(27)26(23(20)28)18-6-8-19(31-3)9-7-18/h4-9,14,20H,10-13,15H2,1-3H3/p+1/t20-/m0/s1. The zero-order valence-corrected chi connectivity index (χ0v) is 19.3. The summed E-state index contributed by atoms with van der Waals surface area (Å²) in [6.07, 6.45) is 0.129. The van der Waals surface area contributed by atoms with Gasteiger partial charge in [0.05, 0.1) is 50.3 Å². The van der Waals surface area contributed by atoms with Crippen molar-refractivity contribution in [3.63, 3.8) is 0 Å². The molecule has 2 saturated heterocycles. The highest BCUT2D eigenvalue weighted by Crippen LogP contribution is 2.25. The monoisotopic (exact) mass is 458 g/mol. The molecule has 0 bridgehead atoms. The van der Waals surface area contributed by atoms with Crippen LogP contribution in [0.5, 0.6) is 5.75 Å². The van der Waals surface area contributed by atoms with Gasteiger partial charge in [-0.2, -0.15) is 4.31 Å². The molecule has 170 valence electrons. The van der Waals surface area contributed by atoms with Crippen molar-refractivity contribution >= 4 is 27.5 Å². The number of carbonyl (C=O) groups excluding carboxylic acids is 2. The summed E-state index contributed by atoms with van der Waals surface area (Å²) in [7, 11) is -2.04. The van der Waals surface area contributed by atoms with Crippen molar-refractivity contribution in [1.82, 2.24) is 4.31 Å². The molecule has 0 spiro atoms. The zero-order chi connectivity index (χ0) is 23.0. The van der Waals surface area contributed by atoms with Crippen molar-refractivity contribution in [3.05, 3.63) is 53.6 Å². The first-order valence-electron chi connectivity index (χ1n) is 10.6. The van der Waals surface area contributed by atoms with E-state index in [0.717, 1.165) is 16.0 Å². The van der Waals surface area contributed by atoms with Gasteiger partial charge in [0.1, 0.15) is 5.75 Å². The molecule has 2 heterocycles. The van der Waals surface area contributed by atoms with Crippen molar-refractivity contribution in [1.29, 1.82) is 0 Å². The number of nitrogens with zero attached hydrogens (tertiary/aromatic N) is 2. The molecule has 0 unspecified atom stereocenters. The third-order valence-corrected chi connectivity index (χ3v) is 8.34. The van der Waals surface area contributed by atoms with Crippen LogP contribution in [-0.4, -0.2) is 63.9 Å². The van der Waals surface area contributed by atoms with Gasteiger partial charge in [0.25, 0.3) is 5.91 Å². The summed E-state index contributed by atoms with van der Waals surface area (Å²) in [5, 5.41) is 0. The lowest BCUT2D eigenvalue weighted by Crippen LogP contribution is -3.19. The molecular weight excluding hydrogens is 430 g/mol. The zero-order valence-electron chi connectivity index (χ0n) is 18.5. The van der Waals surface area contributed by atoms with Gasteiger partial charge in [0.2, 0.25) is 15.9 Å². The average molecular weight is 459 g/mol. The lowest BCUT2D eigenvalue weighted by molar-refractivity contribution is -0.918. The van der Waals surface area contributed by atoms with E-state index in [4.69, 9.17) is 4.74 Å². The number of quaternary nitrogens is 1. The van der Waals surface area contributed by atoms with Gasteiger partial charge < -0.3 is 9.64 Å². The molecule has 2 aliphatic heterocycles. The Kier molecular flexibility index (Phi) is 6.07. The van der Waals surface area contributed by atoms with Gasteiger partial charge in [-0.1, -0.05) is 12.1 Å². The summed E-state index contributed by atoms with van der Waals surface area (Å²) in [4.78, 5) is 28.2. The van der Waals surface area contributed by atoms with Gasteiger partial charge in [0.15, 0.2) is 6.04 Å². The normalized spacial score (nSPS) is 20.7.